The van der Waals surface area contributed by atoms with E-state index in [9.17, 15) is 12.8 Å². The van der Waals surface area contributed by atoms with Gasteiger partial charge in [-0.2, -0.15) is 0 Å². The molecule has 8 heteroatoms. The lowest BCUT2D eigenvalue weighted by Gasteiger charge is -2.19. The number of hydrogen-bond donors (Lipinski definition) is 3. The predicted molar refractivity (Wildman–Crippen MR) is 71.9 cm³/mol. The van der Waals surface area contributed by atoms with Crippen LogP contribution in [0.4, 0.5) is 10.1 Å². The highest BCUT2D eigenvalue weighted by molar-refractivity contribution is 7.89. The molecule has 0 aromatic heterocycles. The minimum absolute atomic E-state index is 0.0298. The first-order chi connectivity index (χ1) is 8.69. The van der Waals surface area contributed by atoms with E-state index in [0.717, 1.165) is 12.1 Å². The molecule has 5 nitrogen and oxygen atoms in total. The number of aliphatic hydroxyl groups excluding tert-OH is 1. The Morgan fingerprint density at radius 2 is 2.05 bits per heavy atom. The van der Waals surface area contributed by atoms with Crippen molar-refractivity contribution in [3.05, 3.63) is 23.0 Å². The lowest BCUT2D eigenvalue weighted by atomic mass is 10.1. The third kappa shape index (κ3) is 3.79. The van der Waals surface area contributed by atoms with Gasteiger partial charge in [0.1, 0.15) is 4.90 Å². The van der Waals surface area contributed by atoms with Gasteiger partial charge in [-0.25, -0.2) is 17.5 Å². The molecule has 0 heterocycles. The Morgan fingerprint density at radius 3 is 2.58 bits per heavy atom. The molecule has 1 aromatic rings. The first-order valence-electron chi connectivity index (χ1n) is 5.56. The zero-order chi connectivity index (χ0) is 14.8. The highest BCUT2D eigenvalue weighted by Gasteiger charge is 2.25. The monoisotopic (exact) mass is 310 g/mol. The summed E-state index contributed by atoms with van der Waals surface area (Å²) in [6.45, 7) is 3.05. The first kappa shape index (κ1) is 16.2. The topological polar surface area (TPSA) is 92.4 Å². The molecule has 0 bridgehead atoms. The van der Waals surface area contributed by atoms with E-state index in [1.807, 2.05) is 0 Å². The number of aliphatic hydroxyl groups is 1. The summed E-state index contributed by atoms with van der Waals surface area (Å²) in [6, 6.07) is 1.57. The van der Waals surface area contributed by atoms with E-state index in [2.05, 4.69) is 4.72 Å². The van der Waals surface area contributed by atoms with E-state index in [4.69, 9.17) is 22.4 Å². The van der Waals surface area contributed by atoms with Crippen molar-refractivity contribution in [2.75, 3.05) is 12.3 Å². The van der Waals surface area contributed by atoms with Crippen LogP contribution in [0.2, 0.25) is 5.02 Å². The maximum Gasteiger partial charge on any atom is 0.243 e. The second-order valence-electron chi connectivity index (χ2n) is 4.38. The summed E-state index contributed by atoms with van der Waals surface area (Å²) in [7, 11) is -4.09. The van der Waals surface area contributed by atoms with Gasteiger partial charge in [0, 0.05) is 17.7 Å². The SMILES string of the molecule is CC(CO)C(C)NS(=O)(=O)c1cc(Cl)cc(N)c1F. The summed E-state index contributed by atoms with van der Waals surface area (Å²) in [5.74, 6) is -1.35. The summed E-state index contributed by atoms with van der Waals surface area (Å²) in [5, 5.41) is 9.00. The Hall–Kier alpha value is -0.890. The quantitative estimate of drug-likeness (QED) is 0.716. The number of anilines is 1. The molecule has 2 unspecified atom stereocenters. The largest absolute Gasteiger partial charge is 0.396 e. The van der Waals surface area contributed by atoms with Gasteiger partial charge in [0.25, 0.3) is 0 Å². The third-order valence-corrected chi connectivity index (χ3v) is 4.58. The number of rotatable bonds is 5. The van der Waals surface area contributed by atoms with Crippen molar-refractivity contribution < 1.29 is 17.9 Å². The third-order valence-electron chi connectivity index (χ3n) is 2.80. The molecular weight excluding hydrogens is 295 g/mol. The molecule has 0 aliphatic heterocycles. The van der Waals surface area contributed by atoms with Crippen LogP contribution in [-0.4, -0.2) is 26.2 Å². The maximum absolute atomic E-state index is 13.8. The molecule has 19 heavy (non-hydrogen) atoms. The van der Waals surface area contributed by atoms with Crippen LogP contribution in [0, 0.1) is 11.7 Å². The molecule has 108 valence electrons. The molecule has 1 aromatic carbocycles. The highest BCUT2D eigenvalue weighted by Crippen LogP contribution is 2.25. The fourth-order valence-electron chi connectivity index (χ4n) is 1.36. The average molecular weight is 311 g/mol. The van der Waals surface area contributed by atoms with Gasteiger partial charge in [-0.3, -0.25) is 0 Å². The molecule has 0 amide bonds. The lowest BCUT2D eigenvalue weighted by Crippen LogP contribution is -2.38. The zero-order valence-corrected chi connectivity index (χ0v) is 12.1. The van der Waals surface area contributed by atoms with Crippen LogP contribution in [0.5, 0.6) is 0 Å². The van der Waals surface area contributed by atoms with Crippen molar-refractivity contribution in [3.63, 3.8) is 0 Å². The van der Waals surface area contributed by atoms with Gasteiger partial charge in [-0.15, -0.1) is 0 Å². The van der Waals surface area contributed by atoms with E-state index < -0.39 is 26.8 Å². The summed E-state index contributed by atoms with van der Waals surface area (Å²) >= 11 is 5.68. The average Bonchev–Trinajstić information content (AvgIpc) is 2.31. The second kappa shape index (κ2) is 6.04. The summed E-state index contributed by atoms with van der Waals surface area (Å²) in [4.78, 5) is -0.602. The van der Waals surface area contributed by atoms with Crippen LogP contribution in [-0.2, 0) is 10.0 Å². The summed E-state index contributed by atoms with van der Waals surface area (Å²) in [5.41, 5.74) is 5.01. The van der Waals surface area contributed by atoms with Gasteiger partial charge < -0.3 is 10.8 Å². The number of nitrogen functional groups attached to an aromatic ring is 1. The normalized spacial score (nSPS) is 15.2. The van der Waals surface area contributed by atoms with E-state index >= 15 is 0 Å². The van der Waals surface area contributed by atoms with E-state index in [1.165, 1.54) is 0 Å². The molecule has 1 rings (SSSR count). The number of halogens is 2. The molecule has 0 aliphatic carbocycles. The number of sulfonamides is 1. The predicted octanol–water partition coefficient (Wildman–Crippen LogP) is 1.36. The number of nitrogens with one attached hydrogen (secondary N) is 1. The highest BCUT2D eigenvalue weighted by atomic mass is 35.5. The standard InChI is InChI=1S/C11H16ClFN2O3S/c1-6(5-16)7(2)15-19(17,18)10-4-8(12)3-9(14)11(10)13/h3-4,6-7,15-16H,5,14H2,1-2H3. The Labute approximate surface area is 116 Å². The smallest absolute Gasteiger partial charge is 0.243 e. The van der Waals surface area contributed by atoms with E-state index in [1.54, 1.807) is 13.8 Å². The number of nitrogens with two attached hydrogens (primary N) is 1. The van der Waals surface area contributed by atoms with Crippen molar-refractivity contribution in [3.8, 4) is 0 Å². The van der Waals surface area contributed by atoms with Gasteiger partial charge in [0.2, 0.25) is 10.0 Å². The Morgan fingerprint density at radius 1 is 1.47 bits per heavy atom. The van der Waals surface area contributed by atoms with Crippen molar-refractivity contribution >= 4 is 27.3 Å². The van der Waals surface area contributed by atoms with Crippen LogP contribution < -0.4 is 10.5 Å². The van der Waals surface area contributed by atoms with Crippen LogP contribution in [0.25, 0.3) is 0 Å². The van der Waals surface area contributed by atoms with Crippen LogP contribution >= 0.6 is 11.6 Å². The van der Waals surface area contributed by atoms with Crippen LogP contribution in [0.3, 0.4) is 0 Å². The zero-order valence-electron chi connectivity index (χ0n) is 10.5. The Balaban J connectivity index is 3.14. The maximum atomic E-state index is 13.8. The van der Waals surface area contributed by atoms with E-state index in [-0.39, 0.29) is 23.2 Å². The Kier molecular flexibility index (Phi) is 5.14. The van der Waals surface area contributed by atoms with Gasteiger partial charge in [-0.05, 0) is 25.0 Å². The second-order valence-corrected chi connectivity index (χ2v) is 6.50. The number of hydrogen-bond acceptors (Lipinski definition) is 4. The Bertz CT molecular complexity index is 565. The summed E-state index contributed by atoms with van der Waals surface area (Å²) < 4.78 is 40.1. The molecule has 4 N–H and O–H groups in total. The molecule has 0 fully saturated rings. The minimum Gasteiger partial charge on any atom is -0.396 e. The van der Waals surface area contributed by atoms with Crippen LogP contribution in [0.1, 0.15) is 13.8 Å². The molecule has 0 saturated heterocycles. The number of benzene rings is 1. The van der Waals surface area contributed by atoms with Crippen molar-refractivity contribution in [1.29, 1.82) is 0 Å². The molecular formula is C11H16ClFN2O3S. The van der Waals surface area contributed by atoms with Gasteiger partial charge in [0.15, 0.2) is 5.82 Å². The fourth-order valence-corrected chi connectivity index (χ4v) is 3.14. The molecule has 0 radical (unpaired) electrons. The van der Waals surface area contributed by atoms with Crippen molar-refractivity contribution in [2.24, 2.45) is 5.92 Å². The molecule has 0 aliphatic rings. The van der Waals surface area contributed by atoms with E-state index in [0.29, 0.717) is 0 Å². The van der Waals surface area contributed by atoms with Gasteiger partial charge in [0.05, 0.1) is 5.69 Å². The van der Waals surface area contributed by atoms with Gasteiger partial charge >= 0.3 is 0 Å². The molecule has 0 saturated carbocycles. The minimum atomic E-state index is -4.09. The van der Waals surface area contributed by atoms with Crippen molar-refractivity contribution in [2.45, 2.75) is 24.8 Å². The van der Waals surface area contributed by atoms with Crippen LogP contribution in [0.15, 0.2) is 17.0 Å². The molecule has 0 spiro atoms. The fraction of sp³-hybridized carbons (Fsp3) is 0.455. The summed E-state index contributed by atoms with van der Waals surface area (Å²) in [6.07, 6.45) is 0. The lowest BCUT2D eigenvalue weighted by molar-refractivity contribution is 0.216. The van der Waals surface area contributed by atoms with Crippen molar-refractivity contribution in [1.82, 2.24) is 4.72 Å². The van der Waals surface area contributed by atoms with Gasteiger partial charge in [-0.1, -0.05) is 18.5 Å². The molecule has 2 atom stereocenters. The first-order valence-corrected chi connectivity index (χ1v) is 7.43.